The van der Waals surface area contributed by atoms with Gasteiger partial charge in [0, 0.05) is 22.2 Å². The molecule has 0 fully saturated rings. The first-order valence-electron chi connectivity index (χ1n) is 8.97. The first-order valence-corrected chi connectivity index (χ1v) is 8.97. The lowest BCUT2D eigenvalue weighted by Crippen LogP contribution is -2.06. The molecule has 0 aliphatic heterocycles. The molecule has 0 unspecified atom stereocenters. The summed E-state index contributed by atoms with van der Waals surface area (Å²) in [5.41, 5.74) is 7.50. The number of benzene rings is 3. The third-order valence-corrected chi connectivity index (χ3v) is 5.16. The maximum Gasteiger partial charge on any atom is 0.0790 e. The zero-order chi connectivity index (χ0) is 16.6. The van der Waals surface area contributed by atoms with Crippen LogP contribution < -0.4 is 0 Å². The Bertz CT molecular complexity index is 1050. The van der Waals surface area contributed by atoms with Gasteiger partial charge in [-0.1, -0.05) is 78.9 Å². The summed E-state index contributed by atoms with van der Waals surface area (Å²) >= 11 is 0. The topological polar surface area (TPSA) is 12.9 Å². The molecule has 1 nitrogen and oxygen atoms in total. The number of pyridine rings is 1. The molecule has 0 atom stereocenters. The molecule has 120 valence electrons. The molecule has 0 saturated carbocycles. The fourth-order valence-corrected chi connectivity index (χ4v) is 4.06. The van der Waals surface area contributed by atoms with Crippen LogP contribution >= 0.6 is 0 Å². The third-order valence-electron chi connectivity index (χ3n) is 5.16. The van der Waals surface area contributed by atoms with Crippen LogP contribution in [0.3, 0.4) is 0 Å². The summed E-state index contributed by atoms with van der Waals surface area (Å²) in [4.78, 5) is 5.18. The van der Waals surface area contributed by atoms with E-state index >= 15 is 0 Å². The molecule has 1 heteroatoms. The summed E-state index contributed by atoms with van der Waals surface area (Å²) in [5.74, 6) is 0. The van der Waals surface area contributed by atoms with E-state index in [1.54, 1.807) is 0 Å². The molecule has 0 bridgehead atoms. The molecule has 1 heterocycles. The van der Waals surface area contributed by atoms with Gasteiger partial charge in [-0.05, 0) is 35.8 Å². The molecular formula is C24H19N. The van der Waals surface area contributed by atoms with Crippen molar-refractivity contribution in [2.75, 3.05) is 0 Å². The zero-order valence-corrected chi connectivity index (χ0v) is 14.1. The van der Waals surface area contributed by atoms with Gasteiger partial charge in [-0.25, -0.2) is 0 Å². The van der Waals surface area contributed by atoms with Gasteiger partial charge in [-0.3, -0.25) is 4.98 Å². The third kappa shape index (κ3) is 2.35. The van der Waals surface area contributed by atoms with Crippen LogP contribution in [0.1, 0.15) is 17.7 Å². The molecular weight excluding hydrogens is 302 g/mol. The van der Waals surface area contributed by atoms with Crippen LogP contribution in [0, 0.1) is 0 Å². The second-order valence-electron chi connectivity index (χ2n) is 6.71. The zero-order valence-electron chi connectivity index (χ0n) is 14.1. The maximum atomic E-state index is 5.18. The molecule has 0 N–H and O–H groups in total. The van der Waals surface area contributed by atoms with E-state index in [-0.39, 0.29) is 0 Å². The molecule has 3 aromatic carbocycles. The summed E-state index contributed by atoms with van der Waals surface area (Å²) in [6, 6.07) is 28.0. The van der Waals surface area contributed by atoms with Crippen LogP contribution in [0.4, 0.5) is 0 Å². The molecule has 1 aliphatic carbocycles. The van der Waals surface area contributed by atoms with Crippen molar-refractivity contribution in [2.24, 2.45) is 0 Å². The average Bonchev–Trinajstić information content (AvgIpc) is 2.69. The molecule has 1 aliphatic rings. The van der Waals surface area contributed by atoms with E-state index in [1.165, 1.54) is 45.1 Å². The Hall–Kier alpha value is -2.93. The Morgan fingerprint density at radius 2 is 1.36 bits per heavy atom. The first-order chi connectivity index (χ1) is 12.4. The van der Waals surface area contributed by atoms with Crippen molar-refractivity contribution < 1.29 is 0 Å². The van der Waals surface area contributed by atoms with E-state index in [0.717, 1.165) is 18.5 Å². The molecule has 0 saturated heterocycles. The number of rotatable bonds is 2. The van der Waals surface area contributed by atoms with Gasteiger partial charge in [0.05, 0.1) is 5.69 Å². The second-order valence-corrected chi connectivity index (χ2v) is 6.71. The maximum absolute atomic E-state index is 5.18. The van der Waals surface area contributed by atoms with Crippen molar-refractivity contribution in [1.82, 2.24) is 4.98 Å². The quantitative estimate of drug-likeness (QED) is 0.437. The number of aromatic nitrogens is 1. The predicted octanol–water partition coefficient (Wildman–Crippen LogP) is 6.06. The number of nitrogens with zero attached hydrogens (tertiary/aromatic N) is 1. The Morgan fingerprint density at radius 3 is 2.12 bits per heavy atom. The van der Waals surface area contributed by atoms with Gasteiger partial charge in [0.25, 0.3) is 0 Å². The van der Waals surface area contributed by atoms with E-state index in [9.17, 15) is 0 Å². The van der Waals surface area contributed by atoms with Crippen LogP contribution in [-0.4, -0.2) is 4.98 Å². The van der Waals surface area contributed by atoms with Crippen molar-refractivity contribution in [3.63, 3.8) is 0 Å². The number of aryl methyl sites for hydroxylation is 2. The van der Waals surface area contributed by atoms with Gasteiger partial charge >= 0.3 is 0 Å². The summed E-state index contributed by atoms with van der Waals surface area (Å²) in [7, 11) is 0. The Kier molecular flexibility index (Phi) is 3.38. The van der Waals surface area contributed by atoms with E-state index in [2.05, 4.69) is 78.9 Å². The number of hydrogen-bond donors (Lipinski definition) is 0. The molecule has 25 heavy (non-hydrogen) atoms. The Morgan fingerprint density at radius 1 is 0.640 bits per heavy atom. The van der Waals surface area contributed by atoms with Gasteiger partial charge in [-0.15, -0.1) is 0 Å². The molecule has 0 amide bonds. The lowest BCUT2D eigenvalue weighted by Gasteiger charge is -2.21. The van der Waals surface area contributed by atoms with E-state index in [0.29, 0.717) is 0 Å². The fourth-order valence-electron chi connectivity index (χ4n) is 4.06. The van der Waals surface area contributed by atoms with Gasteiger partial charge in [0.1, 0.15) is 0 Å². The Labute approximate surface area is 148 Å². The molecule has 5 rings (SSSR count). The molecule has 4 aromatic rings. The lowest BCUT2D eigenvalue weighted by atomic mass is 9.86. The summed E-state index contributed by atoms with van der Waals surface area (Å²) in [6.45, 7) is 0. The van der Waals surface area contributed by atoms with Crippen LogP contribution in [0.25, 0.3) is 33.2 Å². The Balaban J connectivity index is 1.93. The normalized spacial score (nSPS) is 13.1. The highest BCUT2D eigenvalue weighted by molar-refractivity contribution is 6.05. The van der Waals surface area contributed by atoms with Crippen molar-refractivity contribution in [2.45, 2.75) is 19.3 Å². The van der Waals surface area contributed by atoms with E-state index < -0.39 is 0 Å². The van der Waals surface area contributed by atoms with Crippen LogP contribution in [0.15, 0.2) is 78.9 Å². The van der Waals surface area contributed by atoms with Crippen molar-refractivity contribution in [3.05, 3.63) is 90.1 Å². The van der Waals surface area contributed by atoms with E-state index in [4.69, 9.17) is 4.98 Å². The molecule has 0 radical (unpaired) electrons. The minimum Gasteiger partial charge on any atom is -0.252 e. The average molecular weight is 321 g/mol. The van der Waals surface area contributed by atoms with Crippen molar-refractivity contribution in [3.8, 4) is 22.4 Å². The minimum atomic E-state index is 1.07. The predicted molar refractivity (Wildman–Crippen MR) is 105 cm³/mol. The highest BCUT2D eigenvalue weighted by atomic mass is 14.7. The van der Waals surface area contributed by atoms with Crippen LogP contribution in [-0.2, 0) is 12.8 Å². The molecule has 0 spiro atoms. The van der Waals surface area contributed by atoms with Crippen LogP contribution in [0.5, 0.6) is 0 Å². The highest BCUT2D eigenvalue weighted by Gasteiger charge is 2.20. The number of hydrogen-bond acceptors (Lipinski definition) is 1. The van der Waals surface area contributed by atoms with Crippen molar-refractivity contribution in [1.29, 1.82) is 0 Å². The summed E-state index contributed by atoms with van der Waals surface area (Å²) in [6.07, 6.45) is 3.42. The second kappa shape index (κ2) is 5.86. The standard InChI is InChI=1S/C24H19N/c1-3-9-18(10-4-1)23-20-15-7-13-17-14-8-16-21(22(17)20)25-24(23)19-11-5-2-6-12-19/h1-7,9-13,15H,8,14,16H2. The lowest BCUT2D eigenvalue weighted by molar-refractivity contribution is 0.787. The van der Waals surface area contributed by atoms with Crippen LogP contribution in [0.2, 0.25) is 0 Å². The minimum absolute atomic E-state index is 1.07. The monoisotopic (exact) mass is 321 g/mol. The van der Waals surface area contributed by atoms with Gasteiger partial charge in [0.15, 0.2) is 0 Å². The summed E-state index contributed by atoms with van der Waals surface area (Å²) < 4.78 is 0. The van der Waals surface area contributed by atoms with Gasteiger partial charge < -0.3 is 0 Å². The first kappa shape index (κ1) is 14.4. The highest BCUT2D eigenvalue weighted by Crippen LogP contribution is 2.40. The molecule has 1 aromatic heterocycles. The van der Waals surface area contributed by atoms with Crippen molar-refractivity contribution >= 4 is 10.8 Å². The fraction of sp³-hybridized carbons (Fsp3) is 0.125. The van der Waals surface area contributed by atoms with Gasteiger partial charge in [0.2, 0.25) is 0 Å². The largest absolute Gasteiger partial charge is 0.252 e. The SMILES string of the molecule is c1ccc(-c2nc3c4c(cccc4c2-c2ccccc2)CCC3)cc1. The van der Waals surface area contributed by atoms with Gasteiger partial charge in [-0.2, -0.15) is 0 Å². The van der Waals surface area contributed by atoms with E-state index in [1.807, 2.05) is 0 Å². The smallest absolute Gasteiger partial charge is 0.0790 e. The summed E-state index contributed by atoms with van der Waals surface area (Å²) in [5, 5.41) is 2.72.